The normalized spacial score (nSPS) is 12.3. The lowest BCUT2D eigenvalue weighted by Gasteiger charge is -2.18. The van der Waals surface area contributed by atoms with Crippen molar-refractivity contribution in [2.45, 2.75) is 40.2 Å². The van der Waals surface area contributed by atoms with Gasteiger partial charge in [-0.3, -0.25) is 4.79 Å². The van der Waals surface area contributed by atoms with E-state index in [4.69, 9.17) is 0 Å². The van der Waals surface area contributed by atoms with E-state index in [1.54, 1.807) is 0 Å². The van der Waals surface area contributed by atoms with Crippen LogP contribution in [0.5, 0.6) is 0 Å². The highest BCUT2D eigenvalue weighted by Crippen LogP contribution is 2.22. The van der Waals surface area contributed by atoms with E-state index in [-0.39, 0.29) is 11.9 Å². The van der Waals surface area contributed by atoms with Gasteiger partial charge in [0.05, 0.1) is 0 Å². The van der Waals surface area contributed by atoms with Gasteiger partial charge in [-0.1, -0.05) is 36.7 Å². The summed E-state index contributed by atoms with van der Waals surface area (Å²) in [7, 11) is 0. The van der Waals surface area contributed by atoms with Crippen molar-refractivity contribution in [2.75, 3.05) is 11.9 Å². The molecule has 0 saturated heterocycles. The van der Waals surface area contributed by atoms with Gasteiger partial charge in [0.25, 0.3) is 0 Å². The molecule has 1 amide bonds. The largest absolute Gasteiger partial charge is 0.374 e. The maximum atomic E-state index is 11.9. The molecule has 106 valence electrons. The Bertz CT molecular complexity index is 432. The van der Waals surface area contributed by atoms with Crippen LogP contribution in [0, 0.1) is 5.92 Å². The summed E-state index contributed by atoms with van der Waals surface area (Å²) >= 11 is 3.47. The first-order valence-electron chi connectivity index (χ1n) is 6.76. The van der Waals surface area contributed by atoms with Gasteiger partial charge in [-0.15, -0.1) is 0 Å². The van der Waals surface area contributed by atoms with Crippen LogP contribution in [-0.4, -0.2) is 18.5 Å². The predicted molar refractivity (Wildman–Crippen MR) is 84.5 cm³/mol. The van der Waals surface area contributed by atoms with Crippen molar-refractivity contribution in [2.24, 2.45) is 5.92 Å². The Morgan fingerprint density at radius 1 is 1.32 bits per heavy atom. The number of carbonyl (C=O) groups excluding carboxylic acids is 1. The molecule has 1 aromatic rings. The number of rotatable bonds is 6. The quantitative estimate of drug-likeness (QED) is 0.838. The van der Waals surface area contributed by atoms with Crippen molar-refractivity contribution >= 4 is 27.5 Å². The summed E-state index contributed by atoms with van der Waals surface area (Å²) in [6.07, 6.45) is 0.933. The first-order valence-corrected chi connectivity index (χ1v) is 7.56. The van der Waals surface area contributed by atoms with Crippen molar-refractivity contribution in [3.63, 3.8) is 0 Å². The topological polar surface area (TPSA) is 41.1 Å². The number of halogens is 1. The monoisotopic (exact) mass is 326 g/mol. The zero-order valence-corrected chi connectivity index (χ0v) is 13.7. The Hall–Kier alpha value is -1.03. The smallest absolute Gasteiger partial charge is 0.242 e. The van der Waals surface area contributed by atoms with E-state index in [9.17, 15) is 4.79 Å². The molecule has 0 saturated carbocycles. The van der Waals surface area contributed by atoms with E-state index < -0.39 is 0 Å². The average molecular weight is 327 g/mol. The van der Waals surface area contributed by atoms with Gasteiger partial charge >= 0.3 is 0 Å². The minimum atomic E-state index is -0.231. The van der Waals surface area contributed by atoms with Crippen LogP contribution in [0.15, 0.2) is 22.7 Å². The van der Waals surface area contributed by atoms with Crippen LogP contribution in [0.4, 0.5) is 5.69 Å². The Kier molecular flexibility index (Phi) is 6.35. The van der Waals surface area contributed by atoms with Crippen LogP contribution in [0.25, 0.3) is 0 Å². The van der Waals surface area contributed by atoms with Crippen LogP contribution >= 0.6 is 15.9 Å². The number of nitrogens with one attached hydrogen (secondary N) is 2. The van der Waals surface area contributed by atoms with Crippen molar-refractivity contribution in [1.82, 2.24) is 5.32 Å². The third-order valence-electron chi connectivity index (χ3n) is 2.90. The van der Waals surface area contributed by atoms with Gasteiger partial charge < -0.3 is 10.6 Å². The third kappa shape index (κ3) is 5.23. The van der Waals surface area contributed by atoms with Gasteiger partial charge in [0, 0.05) is 16.7 Å². The highest BCUT2D eigenvalue weighted by atomic mass is 79.9. The number of anilines is 1. The van der Waals surface area contributed by atoms with Crippen molar-refractivity contribution in [3.8, 4) is 0 Å². The first-order chi connectivity index (χ1) is 8.93. The zero-order valence-electron chi connectivity index (χ0n) is 12.1. The van der Waals surface area contributed by atoms with Gasteiger partial charge in [0.2, 0.25) is 5.91 Å². The van der Waals surface area contributed by atoms with Crippen molar-refractivity contribution < 1.29 is 4.79 Å². The third-order valence-corrected chi connectivity index (χ3v) is 3.39. The van der Waals surface area contributed by atoms with E-state index in [1.807, 2.05) is 19.1 Å². The molecule has 0 aliphatic rings. The molecule has 0 aliphatic carbocycles. The molecule has 4 heteroatoms. The lowest BCUT2D eigenvalue weighted by atomic mass is 10.1. The number of hydrogen-bond acceptors (Lipinski definition) is 2. The molecule has 1 rings (SSSR count). The molecule has 1 unspecified atom stereocenters. The van der Waals surface area contributed by atoms with E-state index in [0.29, 0.717) is 12.5 Å². The Morgan fingerprint density at radius 2 is 2.00 bits per heavy atom. The van der Waals surface area contributed by atoms with Crippen LogP contribution < -0.4 is 10.6 Å². The van der Waals surface area contributed by atoms with E-state index in [2.05, 4.69) is 53.4 Å². The average Bonchev–Trinajstić information content (AvgIpc) is 2.37. The molecule has 0 radical (unpaired) electrons. The van der Waals surface area contributed by atoms with E-state index in [1.165, 1.54) is 5.56 Å². The molecule has 0 bridgehead atoms. The summed E-state index contributed by atoms with van der Waals surface area (Å²) in [5, 5.41) is 6.22. The molecule has 0 fully saturated rings. The molecule has 0 aromatic heterocycles. The fourth-order valence-electron chi connectivity index (χ4n) is 1.75. The minimum absolute atomic E-state index is 0.0404. The second-order valence-corrected chi connectivity index (χ2v) is 6.08. The summed E-state index contributed by atoms with van der Waals surface area (Å²) in [5.74, 6) is 0.508. The highest BCUT2D eigenvalue weighted by Gasteiger charge is 2.13. The molecule has 3 nitrogen and oxygen atoms in total. The van der Waals surface area contributed by atoms with Crippen LogP contribution in [0.2, 0.25) is 0 Å². The van der Waals surface area contributed by atoms with Crippen molar-refractivity contribution in [3.05, 3.63) is 28.2 Å². The zero-order chi connectivity index (χ0) is 14.4. The molecule has 0 aliphatic heterocycles. The maximum Gasteiger partial charge on any atom is 0.242 e. The molecule has 0 heterocycles. The highest BCUT2D eigenvalue weighted by molar-refractivity contribution is 9.10. The summed E-state index contributed by atoms with van der Waals surface area (Å²) < 4.78 is 1.06. The van der Waals surface area contributed by atoms with Gasteiger partial charge in [0.15, 0.2) is 0 Å². The van der Waals surface area contributed by atoms with Gasteiger partial charge in [0.1, 0.15) is 6.04 Å². The summed E-state index contributed by atoms with van der Waals surface area (Å²) in [4.78, 5) is 11.9. The molecule has 19 heavy (non-hydrogen) atoms. The second kappa shape index (κ2) is 7.53. The minimum Gasteiger partial charge on any atom is -0.374 e. The number of aryl methyl sites for hydroxylation is 1. The Labute approximate surface area is 124 Å². The molecular weight excluding hydrogens is 304 g/mol. The molecule has 1 atom stereocenters. The lowest BCUT2D eigenvalue weighted by molar-refractivity contribution is -0.121. The Morgan fingerprint density at radius 3 is 2.58 bits per heavy atom. The summed E-state index contributed by atoms with van der Waals surface area (Å²) in [6.45, 7) is 8.88. The van der Waals surface area contributed by atoms with Gasteiger partial charge in [-0.2, -0.15) is 0 Å². The number of carbonyl (C=O) groups is 1. The van der Waals surface area contributed by atoms with Gasteiger partial charge in [-0.05, 0) is 43.0 Å². The fourth-order valence-corrected chi connectivity index (χ4v) is 2.16. The Balaban J connectivity index is 2.65. The predicted octanol–water partition coefficient (Wildman–Crippen LogP) is 3.58. The maximum absolute atomic E-state index is 11.9. The SMILES string of the molecule is CCc1cc(Br)ccc1NC(C)C(=O)NCC(C)C. The van der Waals surface area contributed by atoms with Crippen molar-refractivity contribution in [1.29, 1.82) is 0 Å². The molecular formula is C15H23BrN2O. The molecule has 2 N–H and O–H groups in total. The lowest BCUT2D eigenvalue weighted by Crippen LogP contribution is -2.39. The van der Waals surface area contributed by atoms with Crippen LogP contribution in [0.1, 0.15) is 33.3 Å². The van der Waals surface area contributed by atoms with E-state index in [0.717, 1.165) is 16.6 Å². The number of amides is 1. The van der Waals surface area contributed by atoms with E-state index >= 15 is 0 Å². The number of hydrogen-bond donors (Lipinski definition) is 2. The van der Waals surface area contributed by atoms with Crippen LogP contribution in [-0.2, 0) is 11.2 Å². The second-order valence-electron chi connectivity index (χ2n) is 5.16. The van der Waals surface area contributed by atoms with Crippen LogP contribution in [0.3, 0.4) is 0 Å². The summed E-state index contributed by atoms with van der Waals surface area (Å²) in [5.41, 5.74) is 2.23. The first kappa shape index (κ1) is 16.0. The standard InChI is InChI=1S/C15H23BrN2O/c1-5-12-8-13(16)6-7-14(12)18-11(4)15(19)17-9-10(2)3/h6-8,10-11,18H,5,9H2,1-4H3,(H,17,19). The molecule has 1 aromatic carbocycles. The van der Waals surface area contributed by atoms with Gasteiger partial charge in [-0.25, -0.2) is 0 Å². The fraction of sp³-hybridized carbons (Fsp3) is 0.533. The molecule has 0 spiro atoms. The number of benzene rings is 1. The summed E-state index contributed by atoms with van der Waals surface area (Å²) in [6, 6.07) is 5.85.